The third kappa shape index (κ3) is 4.41. The molecule has 0 aromatic heterocycles. The summed E-state index contributed by atoms with van der Waals surface area (Å²) in [5.41, 5.74) is -1.02. The van der Waals surface area contributed by atoms with Crippen LogP contribution in [0.15, 0.2) is 11.6 Å². The quantitative estimate of drug-likeness (QED) is 0.307. The molecule has 0 aliphatic heterocycles. The Balaban J connectivity index is 3.26. The molecule has 0 bridgehead atoms. The number of hydrogen-bond acceptors (Lipinski definition) is 6. The Morgan fingerprint density at radius 2 is 1.83 bits per heavy atom. The van der Waals surface area contributed by atoms with Gasteiger partial charge in [0.05, 0.1) is 19.3 Å². The summed E-state index contributed by atoms with van der Waals surface area (Å²) in [6.07, 6.45) is 1.26. The first kappa shape index (κ1) is 20.3. The van der Waals surface area contributed by atoms with Gasteiger partial charge in [-0.25, -0.2) is 0 Å². The molecular weight excluding hydrogens is 355 g/mol. The van der Waals surface area contributed by atoms with Gasteiger partial charge in [-0.1, -0.05) is 28.8 Å². The third-order valence-electron chi connectivity index (χ3n) is 3.87. The zero-order chi connectivity index (χ0) is 18.4. The topological polar surface area (TPSA) is 100 Å². The van der Waals surface area contributed by atoms with E-state index in [9.17, 15) is 9.59 Å². The monoisotopic (exact) mass is 372 g/mol. The van der Waals surface area contributed by atoms with Gasteiger partial charge in [0.25, 0.3) is 0 Å². The number of allylic oxidation sites excluding steroid dienone is 2. The first-order valence-electron chi connectivity index (χ1n) is 7.48. The summed E-state index contributed by atoms with van der Waals surface area (Å²) in [6.45, 7) is 3.48. The van der Waals surface area contributed by atoms with Crippen molar-refractivity contribution in [2.45, 2.75) is 37.4 Å². The van der Waals surface area contributed by atoms with Gasteiger partial charge in [-0.15, -0.1) is 0 Å². The lowest BCUT2D eigenvalue weighted by atomic mass is 9.84. The van der Waals surface area contributed by atoms with Crippen LogP contribution in [0.4, 0.5) is 0 Å². The first-order valence-corrected chi connectivity index (χ1v) is 8.24. The zero-order valence-electron chi connectivity index (χ0n) is 13.5. The smallest absolute Gasteiger partial charge is 0.323 e. The fourth-order valence-corrected chi connectivity index (χ4v) is 3.23. The third-order valence-corrected chi connectivity index (χ3v) is 4.35. The van der Waals surface area contributed by atoms with E-state index in [4.69, 9.17) is 43.2 Å². The van der Waals surface area contributed by atoms with Crippen LogP contribution in [0, 0.1) is 34.0 Å². The predicted molar refractivity (Wildman–Crippen MR) is 86.8 cm³/mol. The average Bonchev–Trinajstić information content (AvgIpc) is 2.87. The van der Waals surface area contributed by atoms with Gasteiger partial charge < -0.3 is 9.47 Å². The summed E-state index contributed by atoms with van der Waals surface area (Å²) < 4.78 is 8.41. The number of halogens is 2. The van der Waals surface area contributed by atoms with E-state index in [2.05, 4.69) is 0 Å². The second-order valence-electron chi connectivity index (χ2n) is 5.47. The van der Waals surface area contributed by atoms with Crippen molar-refractivity contribution in [1.82, 2.24) is 0 Å². The standard InChI is InChI=1S/C16H18Cl2N2O4/c1-3-23-13(21)15(14(22)24-4-2)7-11(5-6-19)12(8-15)9-16(17,18)10-20/h5,12H,3-4,7-9H2,1-2H3/b11-5-. The minimum atomic E-state index is -1.68. The van der Waals surface area contributed by atoms with Gasteiger partial charge in [0, 0.05) is 12.5 Å². The molecule has 0 N–H and O–H groups in total. The number of alkyl halides is 2. The molecule has 1 atom stereocenters. The Labute approximate surface area is 150 Å². The molecule has 0 aromatic carbocycles. The Morgan fingerprint density at radius 1 is 1.29 bits per heavy atom. The van der Waals surface area contributed by atoms with E-state index < -0.39 is 27.6 Å². The van der Waals surface area contributed by atoms with Gasteiger partial charge in [-0.05, 0) is 32.6 Å². The van der Waals surface area contributed by atoms with E-state index in [1.54, 1.807) is 19.9 Å². The van der Waals surface area contributed by atoms with Crippen LogP contribution in [0.5, 0.6) is 0 Å². The molecule has 1 rings (SSSR count). The first-order chi connectivity index (χ1) is 11.3. The van der Waals surface area contributed by atoms with E-state index in [1.165, 1.54) is 6.08 Å². The number of nitrogens with zero attached hydrogens (tertiary/aromatic N) is 2. The van der Waals surface area contributed by atoms with Crippen LogP contribution in [0.25, 0.3) is 0 Å². The highest BCUT2D eigenvalue weighted by Crippen LogP contribution is 2.51. The number of carbonyl (C=O) groups excluding carboxylic acids is 2. The summed E-state index contributed by atoms with van der Waals surface area (Å²) in [6, 6.07) is 3.64. The van der Waals surface area contributed by atoms with Crippen LogP contribution in [0.3, 0.4) is 0 Å². The highest BCUT2D eigenvalue weighted by molar-refractivity contribution is 6.50. The van der Waals surface area contributed by atoms with Crippen LogP contribution in [0.2, 0.25) is 0 Å². The fraction of sp³-hybridized carbons (Fsp3) is 0.625. The van der Waals surface area contributed by atoms with E-state index in [1.807, 2.05) is 6.07 Å². The highest BCUT2D eigenvalue weighted by atomic mass is 35.5. The summed E-state index contributed by atoms with van der Waals surface area (Å²) in [5.74, 6) is -1.89. The molecular formula is C16H18Cl2N2O4. The van der Waals surface area contributed by atoms with Crippen LogP contribution < -0.4 is 0 Å². The van der Waals surface area contributed by atoms with E-state index >= 15 is 0 Å². The van der Waals surface area contributed by atoms with Crippen molar-refractivity contribution in [1.29, 1.82) is 10.5 Å². The molecule has 0 aromatic rings. The Hall–Kier alpha value is -1.76. The maximum absolute atomic E-state index is 12.4. The van der Waals surface area contributed by atoms with Gasteiger partial charge in [0.2, 0.25) is 4.33 Å². The summed E-state index contributed by atoms with van der Waals surface area (Å²) >= 11 is 11.8. The molecule has 0 heterocycles. The number of rotatable bonds is 6. The fourth-order valence-electron chi connectivity index (χ4n) is 2.86. The largest absolute Gasteiger partial charge is 0.465 e. The molecule has 1 fully saturated rings. The summed E-state index contributed by atoms with van der Waals surface area (Å²) in [5, 5.41) is 18.0. The van der Waals surface area contributed by atoms with Crippen molar-refractivity contribution in [3.63, 3.8) is 0 Å². The zero-order valence-corrected chi connectivity index (χ0v) is 15.0. The Kier molecular flexibility index (Phi) is 7.08. The molecule has 0 spiro atoms. The second-order valence-corrected chi connectivity index (χ2v) is 6.95. The molecule has 0 radical (unpaired) electrons. The van der Waals surface area contributed by atoms with Crippen LogP contribution in [0.1, 0.15) is 33.1 Å². The molecule has 24 heavy (non-hydrogen) atoms. The number of nitriles is 2. The molecule has 130 valence electrons. The molecule has 1 aliphatic rings. The number of carbonyl (C=O) groups is 2. The molecule has 6 nitrogen and oxygen atoms in total. The van der Waals surface area contributed by atoms with Gasteiger partial charge in [0.1, 0.15) is 6.07 Å². The average molecular weight is 373 g/mol. The lowest BCUT2D eigenvalue weighted by Gasteiger charge is -2.24. The minimum absolute atomic E-state index is 0.0132. The molecule has 0 amide bonds. The van der Waals surface area contributed by atoms with Gasteiger partial charge >= 0.3 is 11.9 Å². The lowest BCUT2D eigenvalue weighted by molar-refractivity contribution is -0.171. The SMILES string of the molecule is CCOC(=O)C1(C(=O)OCC)C/C(=C/C#N)C(CC(Cl)(Cl)C#N)C1. The Bertz CT molecular complexity index is 599. The minimum Gasteiger partial charge on any atom is -0.465 e. The number of hydrogen-bond donors (Lipinski definition) is 0. The van der Waals surface area contributed by atoms with Crippen LogP contribution in [-0.4, -0.2) is 29.5 Å². The van der Waals surface area contributed by atoms with E-state index in [0.717, 1.165) is 0 Å². The van der Waals surface area contributed by atoms with Crippen LogP contribution in [-0.2, 0) is 19.1 Å². The maximum Gasteiger partial charge on any atom is 0.323 e. The summed E-state index contributed by atoms with van der Waals surface area (Å²) in [4.78, 5) is 24.9. The van der Waals surface area contributed by atoms with Gasteiger partial charge in [-0.2, -0.15) is 10.5 Å². The van der Waals surface area contributed by atoms with Crippen LogP contribution >= 0.6 is 23.2 Å². The Morgan fingerprint density at radius 3 is 2.25 bits per heavy atom. The molecule has 1 unspecified atom stereocenters. The van der Waals surface area contributed by atoms with Crippen molar-refractivity contribution in [3.05, 3.63) is 11.6 Å². The van der Waals surface area contributed by atoms with Crippen molar-refractivity contribution < 1.29 is 19.1 Å². The van der Waals surface area contributed by atoms with Crippen molar-refractivity contribution in [2.75, 3.05) is 13.2 Å². The lowest BCUT2D eigenvalue weighted by Crippen LogP contribution is -2.40. The van der Waals surface area contributed by atoms with E-state index in [-0.39, 0.29) is 32.5 Å². The normalized spacial score (nSPS) is 20.9. The summed E-state index contributed by atoms with van der Waals surface area (Å²) in [7, 11) is 0. The van der Waals surface area contributed by atoms with Gasteiger partial charge in [-0.3, -0.25) is 9.59 Å². The number of ether oxygens (including phenoxy) is 2. The second kappa shape index (κ2) is 8.37. The molecule has 8 heteroatoms. The van der Waals surface area contributed by atoms with Gasteiger partial charge in [0.15, 0.2) is 5.41 Å². The predicted octanol–water partition coefficient (Wildman–Crippen LogP) is 3.05. The van der Waals surface area contributed by atoms with Crippen molar-refractivity contribution in [2.24, 2.45) is 11.3 Å². The van der Waals surface area contributed by atoms with Crippen molar-refractivity contribution >= 4 is 35.1 Å². The molecule has 0 saturated heterocycles. The molecule has 1 saturated carbocycles. The maximum atomic E-state index is 12.4. The highest BCUT2D eigenvalue weighted by Gasteiger charge is 2.56. The van der Waals surface area contributed by atoms with E-state index in [0.29, 0.717) is 5.57 Å². The number of esters is 2. The van der Waals surface area contributed by atoms with Crippen molar-refractivity contribution in [3.8, 4) is 12.1 Å². The molecule has 1 aliphatic carbocycles.